The first-order valence-electron chi connectivity index (χ1n) is 7.81. The molecular weight excluding hydrogens is 268 g/mol. The lowest BCUT2D eigenvalue weighted by atomic mass is 10.0. The van der Waals surface area contributed by atoms with Crippen molar-refractivity contribution in [2.75, 3.05) is 0 Å². The summed E-state index contributed by atoms with van der Waals surface area (Å²) >= 11 is 0. The van der Waals surface area contributed by atoms with Crippen LogP contribution in [-0.4, -0.2) is 4.57 Å². The van der Waals surface area contributed by atoms with Crippen molar-refractivity contribution in [3.63, 3.8) is 0 Å². The molecule has 0 spiro atoms. The van der Waals surface area contributed by atoms with E-state index >= 15 is 0 Å². The van der Waals surface area contributed by atoms with Crippen LogP contribution in [0.1, 0.15) is 29.7 Å². The Hall–Kier alpha value is -2.53. The molecule has 22 heavy (non-hydrogen) atoms. The third-order valence-corrected chi connectivity index (χ3v) is 4.30. The first-order valence-corrected chi connectivity index (χ1v) is 7.81. The average molecular weight is 288 g/mol. The van der Waals surface area contributed by atoms with Crippen LogP contribution < -0.4 is 0 Å². The first-order chi connectivity index (χ1) is 10.8. The summed E-state index contributed by atoms with van der Waals surface area (Å²) in [6.07, 6.45) is 4.33. The van der Waals surface area contributed by atoms with Crippen molar-refractivity contribution in [2.45, 2.75) is 25.7 Å². The molecule has 0 atom stereocenters. The molecule has 0 N–H and O–H groups in total. The lowest BCUT2D eigenvalue weighted by Gasteiger charge is -2.03. The summed E-state index contributed by atoms with van der Waals surface area (Å²) < 4.78 is 2.02. The molecule has 1 aromatic heterocycles. The Balaban J connectivity index is 1.73. The van der Waals surface area contributed by atoms with Crippen LogP contribution in [0.3, 0.4) is 0 Å². The van der Waals surface area contributed by atoms with E-state index in [9.17, 15) is 5.26 Å². The van der Waals surface area contributed by atoms with Gasteiger partial charge in [-0.25, -0.2) is 0 Å². The van der Waals surface area contributed by atoms with Crippen molar-refractivity contribution in [1.29, 1.82) is 5.26 Å². The Bertz CT molecular complexity index is 807. The first kappa shape index (κ1) is 14.4. The molecular formula is C20H20N2. The van der Waals surface area contributed by atoms with Gasteiger partial charge in [-0.2, -0.15) is 5.26 Å². The van der Waals surface area contributed by atoms with Crippen LogP contribution >= 0.6 is 0 Å². The van der Waals surface area contributed by atoms with Crippen LogP contribution in [0.5, 0.6) is 0 Å². The van der Waals surface area contributed by atoms with Gasteiger partial charge in [0.25, 0.3) is 0 Å². The summed E-state index contributed by atoms with van der Waals surface area (Å²) in [4.78, 5) is 0. The highest BCUT2D eigenvalue weighted by Crippen LogP contribution is 2.26. The molecule has 0 aliphatic rings. The summed E-state index contributed by atoms with van der Waals surface area (Å²) in [5.41, 5.74) is 4.55. The van der Waals surface area contributed by atoms with Gasteiger partial charge in [0.2, 0.25) is 0 Å². The number of fused-ring (bicyclic) bond motifs is 1. The lowest BCUT2D eigenvalue weighted by Crippen LogP contribution is -1.95. The molecule has 3 rings (SSSR count). The van der Waals surface area contributed by atoms with Crippen molar-refractivity contribution >= 4 is 10.9 Å². The van der Waals surface area contributed by atoms with Gasteiger partial charge in [-0.15, -0.1) is 0 Å². The molecule has 3 aromatic rings. The average Bonchev–Trinajstić information content (AvgIpc) is 2.85. The number of rotatable bonds is 5. The van der Waals surface area contributed by atoms with Crippen LogP contribution in [0.4, 0.5) is 0 Å². The predicted molar refractivity (Wildman–Crippen MR) is 90.7 cm³/mol. The maximum Gasteiger partial charge on any atom is 0.124 e. The van der Waals surface area contributed by atoms with E-state index in [4.69, 9.17) is 0 Å². The molecule has 1 heterocycles. The third-order valence-electron chi connectivity index (χ3n) is 4.30. The summed E-state index contributed by atoms with van der Waals surface area (Å²) in [6, 6.07) is 21.3. The van der Waals surface area contributed by atoms with Crippen molar-refractivity contribution < 1.29 is 0 Å². The van der Waals surface area contributed by atoms with Gasteiger partial charge in [0.05, 0.1) is 0 Å². The highest BCUT2D eigenvalue weighted by Gasteiger charge is 2.13. The number of hydrogen-bond acceptors (Lipinski definition) is 1. The Morgan fingerprint density at radius 1 is 0.909 bits per heavy atom. The van der Waals surface area contributed by atoms with E-state index in [1.54, 1.807) is 0 Å². The molecule has 2 nitrogen and oxygen atoms in total. The largest absolute Gasteiger partial charge is 0.335 e. The molecule has 0 saturated heterocycles. The number of unbranched alkanes of at least 4 members (excludes halogenated alkanes) is 1. The minimum absolute atomic E-state index is 0.806. The summed E-state index contributed by atoms with van der Waals surface area (Å²) in [6.45, 7) is 0. The summed E-state index contributed by atoms with van der Waals surface area (Å²) in [5, 5.41) is 10.7. The van der Waals surface area contributed by atoms with Gasteiger partial charge in [-0.05, 0) is 42.9 Å². The van der Waals surface area contributed by atoms with Gasteiger partial charge in [0.15, 0.2) is 0 Å². The number of nitrogens with zero attached hydrogens (tertiary/aromatic N) is 2. The number of aryl methyl sites for hydroxylation is 3. The SMILES string of the molecule is Cn1c(C#N)c(CCCCc2ccccc2)c2ccccc21. The van der Waals surface area contributed by atoms with Crippen LogP contribution in [0, 0.1) is 11.3 Å². The normalized spacial score (nSPS) is 10.7. The summed E-state index contributed by atoms with van der Waals surface area (Å²) in [7, 11) is 1.98. The zero-order valence-electron chi connectivity index (χ0n) is 12.9. The fourth-order valence-corrected chi connectivity index (χ4v) is 3.14. The van der Waals surface area contributed by atoms with Crippen molar-refractivity contribution in [3.8, 4) is 6.07 Å². The van der Waals surface area contributed by atoms with E-state index in [1.165, 1.54) is 16.5 Å². The van der Waals surface area contributed by atoms with Crippen LogP contribution in [0.15, 0.2) is 54.6 Å². The number of benzene rings is 2. The van der Waals surface area contributed by atoms with Crippen molar-refractivity contribution in [3.05, 3.63) is 71.4 Å². The smallest absolute Gasteiger partial charge is 0.124 e. The Morgan fingerprint density at radius 3 is 2.36 bits per heavy atom. The van der Waals surface area contributed by atoms with E-state index in [0.29, 0.717) is 0 Å². The van der Waals surface area contributed by atoms with Gasteiger partial charge < -0.3 is 4.57 Å². The van der Waals surface area contributed by atoms with Crippen molar-refractivity contribution in [2.24, 2.45) is 7.05 Å². The fourth-order valence-electron chi connectivity index (χ4n) is 3.14. The monoisotopic (exact) mass is 288 g/mol. The lowest BCUT2D eigenvalue weighted by molar-refractivity contribution is 0.733. The number of para-hydroxylation sites is 1. The molecule has 2 heteroatoms. The molecule has 0 radical (unpaired) electrons. The second-order valence-corrected chi connectivity index (χ2v) is 5.71. The topological polar surface area (TPSA) is 28.7 Å². The Kier molecular flexibility index (Phi) is 4.25. The Morgan fingerprint density at radius 2 is 1.59 bits per heavy atom. The van der Waals surface area contributed by atoms with Gasteiger partial charge in [-0.3, -0.25) is 0 Å². The second-order valence-electron chi connectivity index (χ2n) is 5.71. The molecule has 0 bridgehead atoms. The highest BCUT2D eigenvalue weighted by atomic mass is 14.9. The van der Waals surface area contributed by atoms with Gasteiger partial charge in [0, 0.05) is 18.0 Å². The molecule has 0 aliphatic heterocycles. The van der Waals surface area contributed by atoms with E-state index < -0.39 is 0 Å². The van der Waals surface area contributed by atoms with Crippen LogP contribution in [0.2, 0.25) is 0 Å². The third kappa shape index (κ3) is 2.76. The zero-order valence-corrected chi connectivity index (χ0v) is 12.9. The standard InChI is InChI=1S/C20H20N2/c1-22-19-14-8-7-12-17(19)18(20(22)15-21)13-6-5-11-16-9-3-2-4-10-16/h2-4,7-10,12,14H,5-6,11,13H2,1H3. The summed E-state index contributed by atoms with van der Waals surface area (Å²) in [5.74, 6) is 0. The number of nitriles is 1. The maximum atomic E-state index is 9.46. The number of aromatic nitrogens is 1. The van der Waals surface area contributed by atoms with Gasteiger partial charge in [-0.1, -0.05) is 48.5 Å². The Labute approximate surface area is 131 Å². The second kappa shape index (κ2) is 6.49. The molecule has 0 fully saturated rings. The van der Waals surface area contributed by atoms with E-state index in [-0.39, 0.29) is 0 Å². The minimum Gasteiger partial charge on any atom is -0.335 e. The molecule has 2 aromatic carbocycles. The van der Waals surface area contributed by atoms with Gasteiger partial charge >= 0.3 is 0 Å². The zero-order chi connectivity index (χ0) is 15.4. The van der Waals surface area contributed by atoms with Crippen molar-refractivity contribution in [1.82, 2.24) is 4.57 Å². The molecule has 0 aliphatic carbocycles. The molecule has 0 saturated carbocycles. The van der Waals surface area contributed by atoms with E-state index in [0.717, 1.165) is 36.9 Å². The maximum absolute atomic E-state index is 9.46. The highest BCUT2D eigenvalue weighted by molar-refractivity contribution is 5.86. The van der Waals surface area contributed by atoms with E-state index in [1.807, 2.05) is 17.7 Å². The van der Waals surface area contributed by atoms with Gasteiger partial charge in [0.1, 0.15) is 11.8 Å². The molecule has 110 valence electrons. The van der Waals surface area contributed by atoms with Crippen LogP contribution in [-0.2, 0) is 19.9 Å². The van der Waals surface area contributed by atoms with E-state index in [2.05, 4.69) is 54.6 Å². The number of hydrogen-bond donors (Lipinski definition) is 0. The molecule has 0 unspecified atom stereocenters. The minimum atomic E-state index is 0.806. The molecule has 0 amide bonds. The quantitative estimate of drug-likeness (QED) is 0.630. The predicted octanol–water partition coefficient (Wildman–Crippen LogP) is 4.62. The van der Waals surface area contributed by atoms with Crippen LogP contribution in [0.25, 0.3) is 10.9 Å². The fraction of sp³-hybridized carbons (Fsp3) is 0.250.